The van der Waals surface area contributed by atoms with Gasteiger partial charge in [0.25, 0.3) is 11.5 Å². The van der Waals surface area contributed by atoms with E-state index in [2.05, 4.69) is 22.1 Å². The number of fused-ring (bicyclic) bond motifs is 1. The van der Waals surface area contributed by atoms with E-state index in [-0.39, 0.29) is 29.5 Å². The number of nitrogens with one attached hydrogen (secondary N) is 1. The summed E-state index contributed by atoms with van der Waals surface area (Å²) in [6, 6.07) is 16.1. The van der Waals surface area contributed by atoms with E-state index in [0.717, 1.165) is 16.7 Å². The first-order valence-electron chi connectivity index (χ1n) is 9.99. The lowest BCUT2D eigenvalue weighted by molar-refractivity contribution is -0.118. The molecular weight excluding hydrogens is 456 g/mol. The highest BCUT2D eigenvalue weighted by Crippen LogP contribution is 2.32. The minimum absolute atomic E-state index is 0.0406. The average molecular weight is 477 g/mol. The number of amides is 1. The lowest BCUT2D eigenvalue weighted by Gasteiger charge is -2.10. The van der Waals surface area contributed by atoms with Crippen LogP contribution < -0.4 is 11.0 Å². The maximum atomic E-state index is 13.3. The van der Waals surface area contributed by atoms with Gasteiger partial charge >= 0.3 is 0 Å². The van der Waals surface area contributed by atoms with Crippen molar-refractivity contribution in [3.05, 3.63) is 88.5 Å². The molecule has 0 unspecified atom stereocenters. The fraction of sp³-hybridized carbons (Fsp3) is 0.0833. The van der Waals surface area contributed by atoms with E-state index < -0.39 is 0 Å². The molecule has 33 heavy (non-hydrogen) atoms. The van der Waals surface area contributed by atoms with Crippen LogP contribution in [-0.4, -0.2) is 32.5 Å². The van der Waals surface area contributed by atoms with Crippen LogP contribution in [0.15, 0.2) is 87.7 Å². The van der Waals surface area contributed by atoms with Gasteiger partial charge in [-0.2, -0.15) is 5.10 Å². The first-order valence-corrected chi connectivity index (χ1v) is 11.9. The van der Waals surface area contributed by atoms with Crippen molar-refractivity contribution in [1.82, 2.24) is 15.0 Å². The molecule has 4 aromatic rings. The smallest absolute Gasteiger partial charge is 0.263 e. The topological polar surface area (TPSA) is 96.6 Å². The van der Waals surface area contributed by atoms with Crippen molar-refractivity contribution < 1.29 is 9.90 Å². The van der Waals surface area contributed by atoms with Crippen LogP contribution in [0.2, 0.25) is 0 Å². The molecule has 0 saturated heterocycles. The Morgan fingerprint density at radius 3 is 2.70 bits per heavy atom. The molecular formula is C24H20N4O3S2. The summed E-state index contributed by atoms with van der Waals surface area (Å²) in [7, 11) is 0. The zero-order valence-electron chi connectivity index (χ0n) is 17.5. The van der Waals surface area contributed by atoms with Crippen molar-refractivity contribution in [3.63, 3.8) is 0 Å². The summed E-state index contributed by atoms with van der Waals surface area (Å²) < 4.78 is 1.53. The van der Waals surface area contributed by atoms with Crippen molar-refractivity contribution in [2.75, 3.05) is 5.75 Å². The van der Waals surface area contributed by atoms with Gasteiger partial charge in [0.15, 0.2) is 5.16 Å². The number of hydrazone groups is 1. The maximum Gasteiger partial charge on any atom is 0.263 e. The Labute approximate surface area is 198 Å². The normalized spacial score (nSPS) is 11.2. The van der Waals surface area contributed by atoms with Crippen LogP contribution >= 0.6 is 23.1 Å². The molecule has 2 heterocycles. The molecule has 2 aromatic carbocycles. The number of carbonyl (C=O) groups excluding carboxylic acids is 1. The van der Waals surface area contributed by atoms with Crippen LogP contribution in [0.5, 0.6) is 5.75 Å². The van der Waals surface area contributed by atoms with Crippen LogP contribution in [0.4, 0.5) is 0 Å². The van der Waals surface area contributed by atoms with Crippen LogP contribution in [-0.2, 0) is 11.3 Å². The summed E-state index contributed by atoms with van der Waals surface area (Å²) in [5, 5.41) is 16.2. The molecule has 0 aliphatic carbocycles. The van der Waals surface area contributed by atoms with Crippen LogP contribution in [0.25, 0.3) is 21.3 Å². The van der Waals surface area contributed by atoms with Gasteiger partial charge in [0, 0.05) is 17.5 Å². The number of aromatic hydroxyl groups is 1. The zero-order chi connectivity index (χ0) is 23.2. The number of hydrogen-bond acceptors (Lipinski definition) is 7. The number of phenols is 1. The summed E-state index contributed by atoms with van der Waals surface area (Å²) >= 11 is 2.57. The molecule has 0 radical (unpaired) electrons. The summed E-state index contributed by atoms with van der Waals surface area (Å²) in [6.07, 6.45) is 3.12. The van der Waals surface area contributed by atoms with Gasteiger partial charge in [-0.05, 0) is 35.4 Å². The second-order valence-electron chi connectivity index (χ2n) is 6.97. The fourth-order valence-corrected chi connectivity index (χ4v) is 4.93. The Bertz CT molecular complexity index is 1380. The number of nitrogens with zero attached hydrogens (tertiary/aromatic N) is 3. The van der Waals surface area contributed by atoms with E-state index in [1.807, 2.05) is 35.7 Å². The highest BCUT2D eigenvalue weighted by molar-refractivity contribution is 7.99. The lowest BCUT2D eigenvalue weighted by atomic mass is 10.1. The SMILES string of the molecule is C=CCn1c(SCC(=O)N/N=C/c2ccc(O)cc2)nc2scc(-c3ccccc3)c2c1=O. The number of hydrogen-bond donors (Lipinski definition) is 2. The number of benzene rings is 2. The van der Waals surface area contributed by atoms with Gasteiger partial charge in [0.2, 0.25) is 0 Å². The Morgan fingerprint density at radius 1 is 1.21 bits per heavy atom. The summed E-state index contributed by atoms with van der Waals surface area (Å²) in [4.78, 5) is 30.9. The maximum absolute atomic E-state index is 13.3. The molecule has 166 valence electrons. The molecule has 0 aliphatic rings. The Balaban J connectivity index is 1.53. The Kier molecular flexibility index (Phi) is 7.01. The Hall–Kier alpha value is -3.69. The van der Waals surface area contributed by atoms with E-state index in [9.17, 15) is 14.7 Å². The second-order valence-corrected chi connectivity index (χ2v) is 8.77. The third-order valence-corrected chi connectivity index (χ3v) is 6.53. The third-order valence-electron chi connectivity index (χ3n) is 4.68. The molecule has 0 saturated carbocycles. The molecule has 0 atom stereocenters. The summed E-state index contributed by atoms with van der Waals surface area (Å²) in [6.45, 7) is 4.03. The molecule has 0 fully saturated rings. The molecule has 9 heteroatoms. The van der Waals surface area contributed by atoms with E-state index >= 15 is 0 Å². The average Bonchev–Trinajstić information content (AvgIpc) is 3.26. The second kappa shape index (κ2) is 10.3. The standard InChI is InChI=1S/C24H20N4O3S2/c1-2-12-28-23(31)21-19(17-6-4-3-5-7-17)14-32-22(21)26-24(28)33-15-20(30)27-25-13-16-8-10-18(29)11-9-16/h2-11,13-14,29H,1,12,15H2,(H,27,30)/b25-13+. The predicted molar refractivity (Wildman–Crippen MR) is 134 cm³/mol. The number of thioether (sulfide) groups is 1. The van der Waals surface area contributed by atoms with Gasteiger partial charge in [-0.25, -0.2) is 10.4 Å². The van der Waals surface area contributed by atoms with Gasteiger partial charge in [0.1, 0.15) is 10.6 Å². The quantitative estimate of drug-likeness (QED) is 0.130. The number of aromatic nitrogens is 2. The number of phenolic OH excluding ortho intramolecular Hbond substituents is 1. The molecule has 2 aromatic heterocycles. The summed E-state index contributed by atoms with van der Waals surface area (Å²) in [5.41, 5.74) is 4.84. The van der Waals surface area contributed by atoms with Gasteiger partial charge in [0.05, 0.1) is 17.4 Å². The highest BCUT2D eigenvalue weighted by atomic mass is 32.2. The van der Waals surface area contributed by atoms with E-state index in [1.165, 1.54) is 46.0 Å². The van der Waals surface area contributed by atoms with Crippen molar-refractivity contribution >= 4 is 45.4 Å². The largest absolute Gasteiger partial charge is 0.508 e. The Morgan fingerprint density at radius 2 is 1.97 bits per heavy atom. The molecule has 2 N–H and O–H groups in total. The number of allylic oxidation sites excluding steroid dienone is 1. The minimum atomic E-state index is -0.328. The van der Waals surface area contributed by atoms with Crippen LogP contribution in [0, 0.1) is 0 Å². The molecule has 0 bridgehead atoms. The first-order chi connectivity index (χ1) is 16.1. The van der Waals surface area contributed by atoms with Gasteiger partial charge < -0.3 is 5.11 Å². The highest BCUT2D eigenvalue weighted by Gasteiger charge is 2.17. The van der Waals surface area contributed by atoms with E-state index in [0.29, 0.717) is 15.4 Å². The molecule has 0 aliphatic heterocycles. The predicted octanol–water partition coefficient (Wildman–Crippen LogP) is 4.26. The minimum Gasteiger partial charge on any atom is -0.508 e. The zero-order valence-corrected chi connectivity index (χ0v) is 19.1. The van der Waals surface area contributed by atoms with Crippen molar-refractivity contribution in [2.45, 2.75) is 11.7 Å². The van der Waals surface area contributed by atoms with Crippen molar-refractivity contribution in [1.29, 1.82) is 0 Å². The molecule has 7 nitrogen and oxygen atoms in total. The van der Waals surface area contributed by atoms with Crippen molar-refractivity contribution in [2.24, 2.45) is 5.10 Å². The fourth-order valence-electron chi connectivity index (χ4n) is 3.14. The molecule has 4 rings (SSSR count). The first kappa shape index (κ1) is 22.5. The molecule has 1 amide bonds. The van der Waals surface area contributed by atoms with Gasteiger partial charge in [-0.3, -0.25) is 14.2 Å². The van der Waals surface area contributed by atoms with Crippen molar-refractivity contribution in [3.8, 4) is 16.9 Å². The molecule has 0 spiro atoms. The monoisotopic (exact) mass is 476 g/mol. The van der Waals surface area contributed by atoms with Crippen LogP contribution in [0.3, 0.4) is 0 Å². The lowest BCUT2D eigenvalue weighted by Crippen LogP contribution is -2.24. The summed E-state index contributed by atoms with van der Waals surface area (Å²) in [5.74, 6) is -0.131. The van der Waals surface area contributed by atoms with Gasteiger partial charge in [-0.1, -0.05) is 48.2 Å². The number of rotatable bonds is 8. The van der Waals surface area contributed by atoms with E-state index in [1.54, 1.807) is 18.2 Å². The van der Waals surface area contributed by atoms with E-state index in [4.69, 9.17) is 0 Å². The number of carbonyl (C=O) groups is 1. The van der Waals surface area contributed by atoms with Gasteiger partial charge in [-0.15, -0.1) is 17.9 Å². The number of thiophene rings is 1. The third kappa shape index (κ3) is 5.21. The van der Waals surface area contributed by atoms with Crippen LogP contribution in [0.1, 0.15) is 5.56 Å².